The van der Waals surface area contributed by atoms with Gasteiger partial charge < -0.3 is 9.73 Å². The fraction of sp³-hybridized carbons (Fsp3) is 0.125. The standard InChI is InChI=1S/C16H11ClF3N3O/c17-13-8-14(21-9-12-5-2-6-24-12)23-15(22-13)10-3-1-4-11(7-10)16(18,19)20/h1-8H,9H2,(H,21,22,23). The summed E-state index contributed by atoms with van der Waals surface area (Å²) < 4.78 is 43.7. The first kappa shape index (κ1) is 16.3. The summed E-state index contributed by atoms with van der Waals surface area (Å²) in [4.78, 5) is 8.21. The first-order valence-corrected chi connectivity index (χ1v) is 7.28. The minimum atomic E-state index is -4.44. The molecule has 1 N–H and O–H groups in total. The lowest BCUT2D eigenvalue weighted by Gasteiger charge is -2.10. The Balaban J connectivity index is 1.88. The van der Waals surface area contributed by atoms with Gasteiger partial charge in [-0.15, -0.1) is 0 Å². The number of nitrogens with one attached hydrogen (secondary N) is 1. The SMILES string of the molecule is FC(F)(F)c1cccc(-c2nc(Cl)cc(NCc3ccco3)n2)c1. The largest absolute Gasteiger partial charge is 0.467 e. The van der Waals surface area contributed by atoms with E-state index in [0.717, 1.165) is 12.1 Å². The minimum absolute atomic E-state index is 0.107. The second-order valence-corrected chi connectivity index (χ2v) is 5.30. The van der Waals surface area contributed by atoms with Crippen LogP contribution < -0.4 is 5.32 Å². The number of hydrogen-bond donors (Lipinski definition) is 1. The van der Waals surface area contributed by atoms with Gasteiger partial charge in [-0.25, -0.2) is 9.97 Å². The zero-order valence-corrected chi connectivity index (χ0v) is 12.9. The van der Waals surface area contributed by atoms with E-state index < -0.39 is 11.7 Å². The molecule has 0 aliphatic heterocycles. The molecular weight excluding hydrogens is 343 g/mol. The minimum Gasteiger partial charge on any atom is -0.467 e. The van der Waals surface area contributed by atoms with Crippen LogP contribution in [0.15, 0.2) is 53.1 Å². The average Bonchev–Trinajstić information content (AvgIpc) is 3.05. The van der Waals surface area contributed by atoms with Gasteiger partial charge in [-0.1, -0.05) is 23.7 Å². The summed E-state index contributed by atoms with van der Waals surface area (Å²) in [5.74, 6) is 1.18. The molecular formula is C16H11ClF3N3O. The van der Waals surface area contributed by atoms with Gasteiger partial charge in [-0.3, -0.25) is 0 Å². The Hall–Kier alpha value is -2.54. The van der Waals surface area contributed by atoms with Crippen molar-refractivity contribution in [3.63, 3.8) is 0 Å². The third kappa shape index (κ3) is 3.86. The predicted molar refractivity (Wildman–Crippen MR) is 83.5 cm³/mol. The number of anilines is 1. The molecule has 8 heteroatoms. The molecule has 0 spiro atoms. The van der Waals surface area contributed by atoms with E-state index >= 15 is 0 Å². The Morgan fingerprint density at radius 3 is 2.62 bits per heavy atom. The van der Waals surface area contributed by atoms with E-state index in [9.17, 15) is 13.2 Å². The molecule has 0 radical (unpaired) electrons. The van der Waals surface area contributed by atoms with Gasteiger partial charge in [-0.2, -0.15) is 13.2 Å². The molecule has 2 heterocycles. The van der Waals surface area contributed by atoms with Crippen LogP contribution in [0.2, 0.25) is 5.15 Å². The van der Waals surface area contributed by atoms with Gasteiger partial charge in [0.25, 0.3) is 0 Å². The number of rotatable bonds is 4. The maximum atomic E-state index is 12.8. The van der Waals surface area contributed by atoms with Crippen LogP contribution in [0.4, 0.5) is 19.0 Å². The maximum absolute atomic E-state index is 12.8. The van der Waals surface area contributed by atoms with Crippen LogP contribution in [0.1, 0.15) is 11.3 Å². The molecule has 0 saturated carbocycles. The lowest BCUT2D eigenvalue weighted by Crippen LogP contribution is -2.05. The van der Waals surface area contributed by atoms with Gasteiger partial charge in [0.15, 0.2) is 5.82 Å². The lowest BCUT2D eigenvalue weighted by atomic mass is 10.1. The fourth-order valence-electron chi connectivity index (χ4n) is 2.06. The second kappa shape index (κ2) is 6.52. The highest BCUT2D eigenvalue weighted by Crippen LogP contribution is 2.31. The number of aromatic nitrogens is 2. The van der Waals surface area contributed by atoms with E-state index in [1.807, 2.05) is 0 Å². The van der Waals surface area contributed by atoms with Gasteiger partial charge in [-0.05, 0) is 24.3 Å². The predicted octanol–water partition coefficient (Wildman–Crippen LogP) is 5.02. The Bertz CT molecular complexity index is 835. The fourth-order valence-corrected chi connectivity index (χ4v) is 2.25. The van der Waals surface area contributed by atoms with Gasteiger partial charge in [0.2, 0.25) is 0 Å². The van der Waals surface area contributed by atoms with Crippen molar-refractivity contribution < 1.29 is 17.6 Å². The molecule has 124 valence electrons. The molecule has 2 aromatic heterocycles. The molecule has 1 aromatic carbocycles. The Morgan fingerprint density at radius 2 is 1.92 bits per heavy atom. The molecule has 4 nitrogen and oxygen atoms in total. The maximum Gasteiger partial charge on any atom is 0.416 e. The first-order valence-electron chi connectivity index (χ1n) is 6.90. The van der Waals surface area contributed by atoms with E-state index in [2.05, 4.69) is 15.3 Å². The summed E-state index contributed by atoms with van der Waals surface area (Å²) in [6, 6.07) is 9.80. The van der Waals surface area contributed by atoms with Crippen LogP contribution in [0.25, 0.3) is 11.4 Å². The molecule has 0 aliphatic rings. The molecule has 3 aromatic rings. The molecule has 3 rings (SSSR count). The first-order chi connectivity index (χ1) is 11.4. The van der Waals surface area contributed by atoms with E-state index in [1.165, 1.54) is 24.5 Å². The molecule has 0 unspecified atom stereocenters. The van der Waals surface area contributed by atoms with Crippen LogP contribution >= 0.6 is 11.6 Å². The summed E-state index contributed by atoms with van der Waals surface area (Å²) in [6.45, 7) is 0.363. The number of furan rings is 1. The quantitative estimate of drug-likeness (QED) is 0.669. The van der Waals surface area contributed by atoms with E-state index in [4.69, 9.17) is 16.0 Å². The Kier molecular flexibility index (Phi) is 4.44. The topological polar surface area (TPSA) is 51.0 Å². The third-order valence-corrected chi connectivity index (χ3v) is 3.36. The highest BCUT2D eigenvalue weighted by Gasteiger charge is 2.30. The molecule has 0 aliphatic carbocycles. The normalized spacial score (nSPS) is 11.5. The Morgan fingerprint density at radius 1 is 1.08 bits per heavy atom. The third-order valence-electron chi connectivity index (χ3n) is 3.17. The van der Waals surface area contributed by atoms with Crippen LogP contribution in [0.3, 0.4) is 0 Å². The summed E-state index contributed by atoms with van der Waals surface area (Å²) in [7, 11) is 0. The molecule has 0 saturated heterocycles. The van der Waals surface area contributed by atoms with Gasteiger partial charge >= 0.3 is 6.18 Å². The van der Waals surface area contributed by atoms with Crippen molar-refractivity contribution in [3.05, 3.63) is 65.2 Å². The summed E-state index contributed by atoms with van der Waals surface area (Å²) in [5.41, 5.74) is -0.540. The highest BCUT2D eigenvalue weighted by molar-refractivity contribution is 6.29. The van der Waals surface area contributed by atoms with Gasteiger partial charge in [0, 0.05) is 11.6 Å². The number of nitrogens with zero attached hydrogens (tertiary/aromatic N) is 2. The van der Waals surface area contributed by atoms with Crippen molar-refractivity contribution in [2.24, 2.45) is 0 Å². The van der Waals surface area contributed by atoms with Crippen LogP contribution in [0.5, 0.6) is 0 Å². The molecule has 0 atom stereocenters. The van der Waals surface area contributed by atoms with Gasteiger partial charge in [0.1, 0.15) is 16.7 Å². The summed E-state index contributed by atoms with van der Waals surface area (Å²) in [6.07, 6.45) is -2.90. The molecule has 0 bridgehead atoms. The van der Waals surface area contributed by atoms with Gasteiger partial charge in [0.05, 0.1) is 18.4 Å². The molecule has 24 heavy (non-hydrogen) atoms. The Labute approximate surface area is 140 Å². The molecule has 0 amide bonds. The lowest BCUT2D eigenvalue weighted by molar-refractivity contribution is -0.137. The van der Waals surface area contributed by atoms with E-state index in [1.54, 1.807) is 12.1 Å². The summed E-state index contributed by atoms with van der Waals surface area (Å²) >= 11 is 5.95. The number of hydrogen-bond acceptors (Lipinski definition) is 4. The van der Waals surface area contributed by atoms with Crippen molar-refractivity contribution >= 4 is 17.4 Å². The van der Waals surface area contributed by atoms with Crippen LogP contribution in [-0.2, 0) is 12.7 Å². The van der Waals surface area contributed by atoms with Crippen LogP contribution in [-0.4, -0.2) is 9.97 Å². The second-order valence-electron chi connectivity index (χ2n) is 4.91. The smallest absolute Gasteiger partial charge is 0.416 e. The van der Waals surface area contributed by atoms with Crippen LogP contribution in [0, 0.1) is 0 Å². The number of halogens is 4. The zero-order valence-electron chi connectivity index (χ0n) is 12.1. The van der Waals surface area contributed by atoms with Crippen molar-refractivity contribution in [1.82, 2.24) is 9.97 Å². The van der Waals surface area contributed by atoms with Crippen molar-refractivity contribution in [1.29, 1.82) is 0 Å². The monoisotopic (exact) mass is 353 g/mol. The number of benzene rings is 1. The van der Waals surface area contributed by atoms with Crippen molar-refractivity contribution in [2.75, 3.05) is 5.32 Å². The van der Waals surface area contributed by atoms with Crippen molar-refractivity contribution in [3.8, 4) is 11.4 Å². The zero-order chi connectivity index (χ0) is 17.2. The van der Waals surface area contributed by atoms with E-state index in [0.29, 0.717) is 18.1 Å². The average molecular weight is 354 g/mol. The molecule has 0 fully saturated rings. The van der Waals surface area contributed by atoms with E-state index in [-0.39, 0.29) is 16.5 Å². The number of alkyl halides is 3. The summed E-state index contributed by atoms with van der Waals surface area (Å²) in [5, 5.41) is 3.12. The van der Waals surface area contributed by atoms with Crippen molar-refractivity contribution in [2.45, 2.75) is 12.7 Å². The highest BCUT2D eigenvalue weighted by atomic mass is 35.5.